The molecule has 0 fully saturated rings. The summed E-state index contributed by atoms with van der Waals surface area (Å²) in [5.74, 6) is 0.486. The number of benzene rings is 1. The number of carbonyl (C=O) groups is 2. The summed E-state index contributed by atoms with van der Waals surface area (Å²) < 4.78 is 13.1. The molecular weight excluding hydrogens is 464 g/mol. The average molecular weight is 515 g/mol. The van der Waals surface area contributed by atoms with Crippen molar-refractivity contribution in [3.63, 3.8) is 0 Å². The maximum absolute atomic E-state index is 13.1. The van der Waals surface area contributed by atoms with Gasteiger partial charge in [-0.1, -0.05) is 43.6 Å². The predicted octanol–water partition coefficient (Wildman–Crippen LogP) is 5.66. The SMILES string of the molecule is C=C(C)[C@@H]1CCC(C)=C[C@H]1c1c(OC(=O)C[N+](C)(C)C)cc(CCCCC)cc1OC(=O)C[N+](C)(C)C. The van der Waals surface area contributed by atoms with Crippen LogP contribution in [0.5, 0.6) is 11.5 Å². The van der Waals surface area contributed by atoms with Crippen LogP contribution in [0.1, 0.15) is 69.9 Å². The lowest BCUT2D eigenvalue weighted by molar-refractivity contribution is -0.862. The standard InChI is InChI=1S/C31H50N2O4/c1-11-12-13-14-24-18-27(36-29(34)20-32(5,6)7)31(26-17-23(4)15-16-25(26)22(2)3)28(19-24)37-30(35)21-33(8,9)10/h17-19,25-26H,2,11-16,20-21H2,1,3-10H3/q+2/t25-,26+/m0/s1. The van der Waals surface area contributed by atoms with Crippen LogP contribution in [0.25, 0.3) is 0 Å². The lowest BCUT2D eigenvalue weighted by Gasteiger charge is -2.33. The van der Waals surface area contributed by atoms with Crippen LogP contribution in [0.4, 0.5) is 0 Å². The molecule has 1 aromatic rings. The first-order valence-corrected chi connectivity index (χ1v) is 13.6. The molecule has 0 unspecified atom stereocenters. The van der Waals surface area contributed by atoms with Crippen LogP contribution >= 0.6 is 0 Å². The molecule has 206 valence electrons. The molecule has 1 aliphatic rings. The Balaban J connectivity index is 2.69. The van der Waals surface area contributed by atoms with Crippen LogP contribution in [-0.4, -0.2) is 76.3 Å². The molecule has 0 radical (unpaired) electrons. The van der Waals surface area contributed by atoms with Crippen molar-refractivity contribution >= 4 is 11.9 Å². The van der Waals surface area contributed by atoms with E-state index in [0.717, 1.165) is 55.2 Å². The highest BCUT2D eigenvalue weighted by atomic mass is 16.5. The second-order valence-corrected chi connectivity index (χ2v) is 12.8. The van der Waals surface area contributed by atoms with E-state index in [0.29, 0.717) is 20.5 Å². The zero-order chi connectivity index (χ0) is 28.0. The molecule has 0 aliphatic heterocycles. The lowest BCUT2D eigenvalue weighted by Crippen LogP contribution is -2.41. The maximum Gasteiger partial charge on any atom is 0.367 e. The quantitative estimate of drug-likeness (QED) is 0.119. The molecule has 0 aromatic heterocycles. The number of nitrogens with zero attached hydrogens (tertiary/aromatic N) is 2. The predicted molar refractivity (Wildman–Crippen MR) is 151 cm³/mol. The van der Waals surface area contributed by atoms with Gasteiger partial charge in [0.05, 0.1) is 42.3 Å². The number of ether oxygens (including phenoxy) is 2. The van der Waals surface area contributed by atoms with Gasteiger partial charge in [0.25, 0.3) is 0 Å². The monoisotopic (exact) mass is 514 g/mol. The largest absolute Gasteiger partial charge is 0.422 e. The summed E-state index contributed by atoms with van der Waals surface area (Å²) in [4.78, 5) is 26.1. The molecule has 2 rings (SSSR count). The molecule has 0 saturated heterocycles. The van der Waals surface area contributed by atoms with Crippen molar-refractivity contribution < 1.29 is 28.0 Å². The fourth-order valence-corrected chi connectivity index (χ4v) is 4.87. The molecule has 0 heterocycles. The van der Waals surface area contributed by atoms with E-state index in [-0.39, 0.29) is 36.9 Å². The van der Waals surface area contributed by atoms with Gasteiger partial charge >= 0.3 is 11.9 Å². The number of carbonyl (C=O) groups excluding carboxylic acids is 2. The van der Waals surface area contributed by atoms with E-state index in [1.807, 2.05) is 54.4 Å². The molecule has 1 aromatic carbocycles. The van der Waals surface area contributed by atoms with Crippen LogP contribution in [0.15, 0.2) is 35.9 Å². The first-order chi connectivity index (χ1) is 17.1. The third-order valence-electron chi connectivity index (χ3n) is 6.60. The molecule has 6 nitrogen and oxygen atoms in total. The van der Waals surface area contributed by atoms with Crippen molar-refractivity contribution in [2.45, 2.75) is 65.2 Å². The molecule has 0 spiro atoms. The molecule has 6 heteroatoms. The highest BCUT2D eigenvalue weighted by Gasteiger charge is 2.33. The van der Waals surface area contributed by atoms with Gasteiger partial charge in [-0.15, -0.1) is 0 Å². The molecule has 0 N–H and O–H groups in total. The molecular formula is C31H50N2O4+2. The van der Waals surface area contributed by atoms with Crippen LogP contribution in [0.2, 0.25) is 0 Å². The fourth-order valence-electron chi connectivity index (χ4n) is 4.87. The maximum atomic E-state index is 13.1. The minimum Gasteiger partial charge on any atom is -0.422 e. The van der Waals surface area contributed by atoms with E-state index >= 15 is 0 Å². The Labute approximate surface area is 225 Å². The Bertz CT molecular complexity index is 960. The van der Waals surface area contributed by atoms with Gasteiger partial charge in [0.15, 0.2) is 13.1 Å². The molecule has 37 heavy (non-hydrogen) atoms. The topological polar surface area (TPSA) is 52.6 Å². The Morgan fingerprint density at radius 3 is 1.89 bits per heavy atom. The number of aryl methyl sites for hydroxylation is 1. The molecule has 0 bridgehead atoms. The fraction of sp³-hybridized carbons (Fsp3) is 0.613. The average Bonchev–Trinajstić information content (AvgIpc) is 2.70. The molecule has 2 atom stereocenters. The highest BCUT2D eigenvalue weighted by molar-refractivity contribution is 5.77. The van der Waals surface area contributed by atoms with Crippen molar-refractivity contribution in [2.75, 3.05) is 55.4 Å². The normalized spacial score (nSPS) is 18.2. The molecule has 0 amide bonds. The Hall–Kier alpha value is -2.44. The number of esters is 2. The lowest BCUT2D eigenvalue weighted by atomic mass is 9.73. The van der Waals surface area contributed by atoms with E-state index in [2.05, 4.69) is 33.4 Å². The highest BCUT2D eigenvalue weighted by Crippen LogP contribution is 2.47. The van der Waals surface area contributed by atoms with Gasteiger partial charge in [0, 0.05) is 11.5 Å². The minimum absolute atomic E-state index is 0.0882. The number of hydrogen-bond donors (Lipinski definition) is 0. The minimum atomic E-state index is -0.300. The van der Waals surface area contributed by atoms with Crippen molar-refractivity contribution in [2.24, 2.45) is 5.92 Å². The summed E-state index contributed by atoms with van der Waals surface area (Å²) in [6.07, 6.45) is 8.26. The van der Waals surface area contributed by atoms with Gasteiger partial charge in [0.1, 0.15) is 11.5 Å². The molecule has 1 aliphatic carbocycles. The number of unbranched alkanes of at least 4 members (excludes halogenated alkanes) is 2. The van der Waals surface area contributed by atoms with E-state index in [9.17, 15) is 9.59 Å². The van der Waals surface area contributed by atoms with Crippen LogP contribution in [0.3, 0.4) is 0 Å². The first kappa shape index (κ1) is 30.8. The summed E-state index contributed by atoms with van der Waals surface area (Å²) in [7, 11) is 11.8. The van der Waals surface area contributed by atoms with E-state index in [4.69, 9.17) is 9.47 Å². The van der Waals surface area contributed by atoms with Gasteiger partial charge < -0.3 is 18.4 Å². The van der Waals surface area contributed by atoms with Gasteiger partial charge in [-0.25, -0.2) is 9.59 Å². The van der Waals surface area contributed by atoms with Crippen molar-refractivity contribution in [1.82, 2.24) is 0 Å². The van der Waals surface area contributed by atoms with E-state index < -0.39 is 0 Å². The second-order valence-electron chi connectivity index (χ2n) is 12.8. The summed E-state index contributed by atoms with van der Waals surface area (Å²) in [5.41, 5.74) is 4.15. The van der Waals surface area contributed by atoms with Crippen LogP contribution in [-0.2, 0) is 16.0 Å². The van der Waals surface area contributed by atoms with Crippen molar-refractivity contribution in [3.05, 3.63) is 47.1 Å². The third-order valence-corrected chi connectivity index (χ3v) is 6.60. The Kier molecular flexibility index (Phi) is 10.7. The summed E-state index contributed by atoms with van der Waals surface area (Å²) in [6.45, 7) is 11.1. The third kappa shape index (κ3) is 10.1. The van der Waals surface area contributed by atoms with Gasteiger partial charge in [-0.05, 0) is 63.1 Å². The summed E-state index contributed by atoms with van der Waals surface area (Å²) >= 11 is 0. The first-order valence-electron chi connectivity index (χ1n) is 13.6. The van der Waals surface area contributed by atoms with E-state index in [1.54, 1.807) is 0 Å². The Morgan fingerprint density at radius 1 is 0.946 bits per heavy atom. The van der Waals surface area contributed by atoms with Crippen LogP contribution in [0, 0.1) is 5.92 Å². The van der Waals surface area contributed by atoms with Gasteiger partial charge in [-0.2, -0.15) is 0 Å². The molecule has 0 saturated carbocycles. The number of rotatable bonds is 12. The van der Waals surface area contributed by atoms with Gasteiger partial charge in [0.2, 0.25) is 0 Å². The van der Waals surface area contributed by atoms with E-state index in [1.165, 1.54) is 5.57 Å². The van der Waals surface area contributed by atoms with Crippen molar-refractivity contribution in [1.29, 1.82) is 0 Å². The zero-order valence-electron chi connectivity index (χ0n) is 24.8. The smallest absolute Gasteiger partial charge is 0.367 e. The second kappa shape index (κ2) is 12.9. The summed E-state index contributed by atoms with van der Waals surface area (Å²) in [6, 6.07) is 3.98. The zero-order valence-corrected chi connectivity index (χ0v) is 24.8. The number of quaternary nitrogens is 2. The van der Waals surface area contributed by atoms with Crippen molar-refractivity contribution in [3.8, 4) is 11.5 Å². The Morgan fingerprint density at radius 2 is 1.46 bits per heavy atom. The van der Waals surface area contributed by atoms with Gasteiger partial charge in [-0.3, -0.25) is 0 Å². The number of likely N-dealkylation sites (N-methyl/N-ethyl adjacent to an activating group) is 2. The number of hydrogen-bond acceptors (Lipinski definition) is 4. The number of allylic oxidation sites excluding steroid dienone is 3. The summed E-state index contributed by atoms with van der Waals surface area (Å²) in [5, 5.41) is 0. The van der Waals surface area contributed by atoms with Crippen LogP contribution < -0.4 is 9.47 Å².